The number of benzene rings is 1. The summed E-state index contributed by atoms with van der Waals surface area (Å²) in [6.45, 7) is 6.25. The van der Waals surface area contributed by atoms with Gasteiger partial charge in [0.15, 0.2) is 0 Å². The number of nitrogens with zero attached hydrogens (tertiary/aromatic N) is 1. The number of carbonyl (C=O) groups excluding carboxylic acids is 1. The molecule has 1 aromatic heterocycles. The second-order valence-electron chi connectivity index (χ2n) is 5.27. The molecule has 2 aromatic rings. The van der Waals surface area contributed by atoms with E-state index in [4.69, 9.17) is 0 Å². The number of thiazole rings is 1. The third-order valence-corrected chi connectivity index (χ3v) is 4.48. The van der Waals surface area contributed by atoms with Gasteiger partial charge in [-0.3, -0.25) is 4.79 Å². The maximum absolute atomic E-state index is 12.0. The Balaban J connectivity index is 2.00. The summed E-state index contributed by atoms with van der Waals surface area (Å²) in [5.74, 6) is 0.0597. The van der Waals surface area contributed by atoms with Gasteiger partial charge in [-0.2, -0.15) is 0 Å². The molecule has 0 aliphatic carbocycles. The number of aryl methyl sites for hydroxylation is 1. The van der Waals surface area contributed by atoms with Crippen molar-refractivity contribution in [3.05, 3.63) is 40.9 Å². The molecule has 0 unspecified atom stereocenters. The summed E-state index contributed by atoms with van der Waals surface area (Å²) in [6, 6.07) is 8.57. The number of rotatable bonds is 6. The van der Waals surface area contributed by atoms with E-state index in [9.17, 15) is 4.79 Å². The Morgan fingerprint density at radius 2 is 1.90 bits per heavy atom. The first-order valence-corrected chi connectivity index (χ1v) is 8.31. The maximum Gasteiger partial charge on any atom is 0.226 e. The fourth-order valence-corrected chi connectivity index (χ4v) is 2.98. The van der Waals surface area contributed by atoms with Gasteiger partial charge >= 0.3 is 0 Å². The Morgan fingerprint density at radius 1 is 1.24 bits per heavy atom. The number of amides is 1. The lowest BCUT2D eigenvalue weighted by molar-refractivity contribution is -0.121. The Bertz CT molecular complexity index is 585. The second-order valence-corrected chi connectivity index (χ2v) is 6.13. The zero-order valence-electron chi connectivity index (χ0n) is 12.8. The number of hydrogen-bond donors (Lipinski definition) is 1. The monoisotopic (exact) mass is 302 g/mol. The number of hydrogen-bond acceptors (Lipinski definition) is 3. The van der Waals surface area contributed by atoms with Crippen LogP contribution < -0.4 is 5.32 Å². The van der Waals surface area contributed by atoms with Gasteiger partial charge in [-0.05, 0) is 19.8 Å². The molecule has 0 fully saturated rings. The van der Waals surface area contributed by atoms with E-state index >= 15 is 0 Å². The molecule has 0 spiro atoms. The quantitative estimate of drug-likeness (QED) is 0.877. The van der Waals surface area contributed by atoms with E-state index in [0.717, 1.165) is 29.1 Å². The third kappa shape index (κ3) is 4.39. The van der Waals surface area contributed by atoms with Crippen LogP contribution in [0.5, 0.6) is 0 Å². The van der Waals surface area contributed by atoms with Gasteiger partial charge in [0.25, 0.3) is 0 Å². The highest BCUT2D eigenvalue weighted by atomic mass is 32.1. The summed E-state index contributed by atoms with van der Waals surface area (Å²) < 4.78 is 0. The minimum atomic E-state index is 0.0597. The van der Waals surface area contributed by atoms with E-state index in [1.165, 1.54) is 5.56 Å². The molecule has 1 N–H and O–H groups in total. The summed E-state index contributed by atoms with van der Waals surface area (Å²) in [5.41, 5.74) is 3.19. The van der Waals surface area contributed by atoms with Crippen molar-refractivity contribution in [2.24, 2.45) is 0 Å². The van der Waals surface area contributed by atoms with Crippen molar-refractivity contribution in [1.29, 1.82) is 0 Å². The van der Waals surface area contributed by atoms with Crippen LogP contribution in [0.3, 0.4) is 0 Å². The maximum atomic E-state index is 12.0. The van der Waals surface area contributed by atoms with Crippen LogP contribution in [0.4, 0.5) is 0 Å². The molecule has 1 heterocycles. The van der Waals surface area contributed by atoms with Gasteiger partial charge < -0.3 is 5.32 Å². The molecule has 0 saturated heterocycles. The molecule has 0 radical (unpaired) electrons. The summed E-state index contributed by atoms with van der Waals surface area (Å²) in [4.78, 5) is 16.6. The highest BCUT2D eigenvalue weighted by Gasteiger charge is 2.11. The molecule has 3 nitrogen and oxygen atoms in total. The molecule has 1 amide bonds. The number of carbonyl (C=O) groups is 1. The molecule has 21 heavy (non-hydrogen) atoms. The van der Waals surface area contributed by atoms with Crippen molar-refractivity contribution in [3.63, 3.8) is 0 Å². The standard InChI is InChI=1S/C17H22N2OS/c1-4-14(5-2)18-16(20)10-15-11-21-17(19-15)13-8-6-12(3)7-9-13/h6-9,11,14H,4-5,10H2,1-3H3,(H,18,20). The second kappa shape index (κ2) is 7.36. The average Bonchev–Trinajstić information content (AvgIpc) is 2.94. The Labute approximate surface area is 130 Å². The first-order valence-electron chi connectivity index (χ1n) is 7.43. The molecule has 0 atom stereocenters. The van der Waals surface area contributed by atoms with Crippen LogP contribution in [0, 0.1) is 6.92 Å². The van der Waals surface area contributed by atoms with Crippen LogP contribution in [-0.2, 0) is 11.2 Å². The fourth-order valence-electron chi connectivity index (χ4n) is 2.15. The highest BCUT2D eigenvalue weighted by molar-refractivity contribution is 7.13. The summed E-state index contributed by atoms with van der Waals surface area (Å²) in [5, 5.41) is 5.99. The third-order valence-electron chi connectivity index (χ3n) is 3.54. The van der Waals surface area contributed by atoms with Gasteiger partial charge in [0, 0.05) is 17.0 Å². The summed E-state index contributed by atoms with van der Waals surface area (Å²) >= 11 is 1.59. The lowest BCUT2D eigenvalue weighted by Gasteiger charge is -2.13. The van der Waals surface area contributed by atoms with Crippen LogP contribution in [0.25, 0.3) is 10.6 Å². The van der Waals surface area contributed by atoms with E-state index in [2.05, 4.69) is 55.3 Å². The minimum absolute atomic E-state index is 0.0597. The zero-order valence-corrected chi connectivity index (χ0v) is 13.7. The van der Waals surface area contributed by atoms with Crippen molar-refractivity contribution in [2.45, 2.75) is 46.1 Å². The minimum Gasteiger partial charge on any atom is -0.353 e. The molecule has 0 aliphatic rings. The van der Waals surface area contributed by atoms with Crippen molar-refractivity contribution in [3.8, 4) is 10.6 Å². The molecule has 0 saturated carbocycles. The number of aromatic nitrogens is 1. The van der Waals surface area contributed by atoms with Gasteiger partial charge in [-0.25, -0.2) is 4.98 Å². The molecule has 2 rings (SSSR count). The lowest BCUT2D eigenvalue weighted by Crippen LogP contribution is -2.34. The van der Waals surface area contributed by atoms with E-state index in [1.54, 1.807) is 11.3 Å². The van der Waals surface area contributed by atoms with E-state index in [1.807, 2.05) is 5.38 Å². The number of nitrogens with one attached hydrogen (secondary N) is 1. The predicted molar refractivity (Wildman–Crippen MR) is 88.5 cm³/mol. The lowest BCUT2D eigenvalue weighted by atomic mass is 10.1. The molecule has 0 aliphatic heterocycles. The summed E-state index contributed by atoms with van der Waals surface area (Å²) in [6.07, 6.45) is 2.29. The van der Waals surface area contributed by atoms with E-state index in [-0.39, 0.29) is 11.9 Å². The fraction of sp³-hybridized carbons (Fsp3) is 0.412. The van der Waals surface area contributed by atoms with Crippen molar-refractivity contribution >= 4 is 17.2 Å². The van der Waals surface area contributed by atoms with Crippen LogP contribution in [0.2, 0.25) is 0 Å². The largest absolute Gasteiger partial charge is 0.353 e. The predicted octanol–water partition coefficient (Wildman–Crippen LogP) is 3.97. The Kier molecular flexibility index (Phi) is 5.51. The SMILES string of the molecule is CCC(CC)NC(=O)Cc1csc(-c2ccc(C)cc2)n1. The first-order chi connectivity index (χ1) is 10.1. The molecular weight excluding hydrogens is 280 g/mol. The van der Waals surface area contributed by atoms with Crippen LogP contribution in [0.15, 0.2) is 29.6 Å². The Hall–Kier alpha value is -1.68. The zero-order chi connectivity index (χ0) is 15.2. The van der Waals surface area contributed by atoms with Gasteiger partial charge in [0.2, 0.25) is 5.91 Å². The van der Waals surface area contributed by atoms with Gasteiger partial charge in [0.05, 0.1) is 12.1 Å². The van der Waals surface area contributed by atoms with Crippen molar-refractivity contribution < 1.29 is 4.79 Å². The molecule has 4 heteroatoms. The topological polar surface area (TPSA) is 42.0 Å². The van der Waals surface area contributed by atoms with Gasteiger partial charge in [-0.1, -0.05) is 43.7 Å². The highest BCUT2D eigenvalue weighted by Crippen LogP contribution is 2.24. The molecular formula is C17H22N2OS. The van der Waals surface area contributed by atoms with E-state index in [0.29, 0.717) is 6.42 Å². The van der Waals surface area contributed by atoms with Crippen LogP contribution in [0.1, 0.15) is 37.9 Å². The Morgan fingerprint density at radius 3 is 2.52 bits per heavy atom. The first kappa shape index (κ1) is 15.7. The smallest absolute Gasteiger partial charge is 0.226 e. The molecule has 112 valence electrons. The summed E-state index contributed by atoms with van der Waals surface area (Å²) in [7, 11) is 0. The van der Waals surface area contributed by atoms with Crippen LogP contribution >= 0.6 is 11.3 Å². The van der Waals surface area contributed by atoms with Crippen LogP contribution in [-0.4, -0.2) is 16.9 Å². The molecule has 1 aromatic carbocycles. The van der Waals surface area contributed by atoms with Gasteiger partial charge in [-0.15, -0.1) is 11.3 Å². The van der Waals surface area contributed by atoms with Crippen molar-refractivity contribution in [2.75, 3.05) is 0 Å². The van der Waals surface area contributed by atoms with Gasteiger partial charge in [0.1, 0.15) is 5.01 Å². The normalized spacial score (nSPS) is 10.9. The van der Waals surface area contributed by atoms with Crippen molar-refractivity contribution in [1.82, 2.24) is 10.3 Å². The molecule has 0 bridgehead atoms. The average molecular weight is 302 g/mol. The van der Waals surface area contributed by atoms with E-state index < -0.39 is 0 Å².